The number of aliphatic imine (C=N–C) groups is 2. The van der Waals surface area contributed by atoms with Crippen LogP contribution in [0.1, 0.15) is 56.9 Å². The summed E-state index contributed by atoms with van der Waals surface area (Å²) in [4.78, 5) is 11.0. The molecule has 4 nitrogen and oxygen atoms in total. The highest BCUT2D eigenvalue weighted by Gasteiger charge is 2.36. The Labute approximate surface area is 321 Å². The predicted octanol–water partition coefficient (Wildman–Crippen LogP) is 12.8. The summed E-state index contributed by atoms with van der Waals surface area (Å²) in [5.74, 6) is 1.56. The molecule has 1 aliphatic rings. The van der Waals surface area contributed by atoms with Gasteiger partial charge in [-0.05, 0) is 78.9 Å². The molecule has 0 bridgehead atoms. The van der Waals surface area contributed by atoms with Crippen molar-refractivity contribution in [2.75, 3.05) is 0 Å². The molecule has 0 atom stereocenters. The van der Waals surface area contributed by atoms with Crippen molar-refractivity contribution in [3.05, 3.63) is 186 Å². The van der Waals surface area contributed by atoms with Crippen LogP contribution in [-0.4, -0.2) is 20.8 Å². The molecule has 266 valence electrons. The number of para-hydroxylation sites is 2. The molecule has 1 aliphatic carbocycles. The van der Waals surface area contributed by atoms with Gasteiger partial charge < -0.3 is 4.57 Å². The molecule has 9 aromatic rings. The molecule has 0 fully saturated rings. The monoisotopic (exact) mass is 710 g/mol. The summed E-state index contributed by atoms with van der Waals surface area (Å²) in [6.45, 7) is 11.2. The minimum absolute atomic E-state index is 0.156. The molecule has 2 heterocycles. The lowest BCUT2D eigenvalue weighted by Crippen LogP contribution is -2.19. The van der Waals surface area contributed by atoms with Gasteiger partial charge in [0.25, 0.3) is 0 Å². The molecule has 10 rings (SSSR count). The highest BCUT2D eigenvalue weighted by atomic mass is 15.1. The molecule has 0 saturated carbocycles. The second-order valence-electron chi connectivity index (χ2n) is 15.9. The first kappa shape index (κ1) is 33.1. The Balaban J connectivity index is 1.35. The maximum Gasteiger partial charge on any atom is 0.157 e. The van der Waals surface area contributed by atoms with Crippen LogP contribution < -0.4 is 0 Å². The fourth-order valence-corrected chi connectivity index (χ4v) is 9.04. The minimum Gasteiger partial charge on any atom is -0.307 e. The Hall–Kier alpha value is -6.52. The zero-order valence-corrected chi connectivity index (χ0v) is 31.9. The van der Waals surface area contributed by atoms with Gasteiger partial charge in [-0.15, -0.1) is 0 Å². The lowest BCUT2D eigenvalue weighted by atomic mass is 9.82. The van der Waals surface area contributed by atoms with Crippen LogP contribution >= 0.6 is 0 Å². The van der Waals surface area contributed by atoms with Gasteiger partial charge in [0.2, 0.25) is 0 Å². The van der Waals surface area contributed by atoms with Crippen LogP contribution in [0.2, 0.25) is 0 Å². The van der Waals surface area contributed by atoms with E-state index in [9.17, 15) is 0 Å². The first-order valence-electron chi connectivity index (χ1n) is 19.2. The largest absolute Gasteiger partial charge is 0.307 e. The first-order valence-corrected chi connectivity index (χ1v) is 19.2. The van der Waals surface area contributed by atoms with E-state index in [0.29, 0.717) is 5.84 Å². The van der Waals surface area contributed by atoms with E-state index < -0.39 is 5.54 Å². The van der Waals surface area contributed by atoms with Crippen LogP contribution in [0.15, 0.2) is 174 Å². The molecule has 0 unspecified atom stereocenters. The fraction of sp³-hybridized carbons (Fsp3) is 0.137. The van der Waals surface area contributed by atoms with Crippen LogP contribution in [0.3, 0.4) is 0 Å². The SMILES string of the molecule is C/C(=N\C(=N/C(C)(C)c1ccccc1)c1ccccc1)n1c2cc3c(cc2c2ccc4c5ccccc5n(-c5ccccc5)c4c21)-c1ccccc1C3(C)C. The van der Waals surface area contributed by atoms with E-state index in [4.69, 9.17) is 9.98 Å². The normalized spacial score (nSPS) is 14.3. The molecule has 55 heavy (non-hydrogen) atoms. The maximum absolute atomic E-state index is 5.55. The van der Waals surface area contributed by atoms with Crippen LogP contribution in [0.5, 0.6) is 0 Å². The van der Waals surface area contributed by atoms with Crippen molar-refractivity contribution in [2.45, 2.75) is 45.6 Å². The van der Waals surface area contributed by atoms with Crippen LogP contribution in [0.25, 0.3) is 60.4 Å². The van der Waals surface area contributed by atoms with Gasteiger partial charge in [-0.1, -0.05) is 147 Å². The second kappa shape index (κ2) is 12.3. The Kier molecular flexibility index (Phi) is 7.37. The molecule has 7 aromatic carbocycles. The highest BCUT2D eigenvalue weighted by molar-refractivity contribution is 6.27. The van der Waals surface area contributed by atoms with Gasteiger partial charge in [-0.3, -0.25) is 9.56 Å². The maximum atomic E-state index is 5.55. The Morgan fingerprint density at radius 2 is 1.16 bits per heavy atom. The number of benzene rings is 7. The number of rotatable bonds is 4. The molecule has 4 heteroatoms. The molecule has 0 radical (unpaired) electrons. The third-order valence-electron chi connectivity index (χ3n) is 11.8. The van der Waals surface area contributed by atoms with Crippen molar-refractivity contribution in [2.24, 2.45) is 9.98 Å². The van der Waals surface area contributed by atoms with Gasteiger partial charge in [-0.25, -0.2) is 4.99 Å². The van der Waals surface area contributed by atoms with Gasteiger partial charge in [0.15, 0.2) is 5.84 Å². The summed E-state index contributed by atoms with van der Waals surface area (Å²) >= 11 is 0. The summed E-state index contributed by atoms with van der Waals surface area (Å²) in [6, 6.07) is 58.9. The number of nitrogens with zero attached hydrogens (tertiary/aromatic N) is 4. The van der Waals surface area contributed by atoms with E-state index in [1.807, 2.05) is 6.07 Å². The van der Waals surface area contributed by atoms with Gasteiger partial charge in [0.1, 0.15) is 5.84 Å². The molecule has 0 amide bonds. The summed E-state index contributed by atoms with van der Waals surface area (Å²) in [7, 11) is 0. The van der Waals surface area contributed by atoms with E-state index in [2.05, 4.69) is 201 Å². The number of aromatic nitrogens is 2. The topological polar surface area (TPSA) is 34.6 Å². The number of amidine groups is 1. The van der Waals surface area contributed by atoms with Gasteiger partial charge in [0.05, 0.1) is 27.6 Å². The molecule has 0 spiro atoms. The van der Waals surface area contributed by atoms with E-state index in [0.717, 1.165) is 33.7 Å². The molecular weight excluding hydrogens is 669 g/mol. The Bertz CT molecular complexity index is 3010. The lowest BCUT2D eigenvalue weighted by molar-refractivity contribution is 0.558. The summed E-state index contributed by atoms with van der Waals surface area (Å²) < 4.78 is 4.85. The van der Waals surface area contributed by atoms with Crippen molar-refractivity contribution in [1.82, 2.24) is 9.13 Å². The van der Waals surface area contributed by atoms with E-state index >= 15 is 0 Å². The van der Waals surface area contributed by atoms with E-state index in [1.165, 1.54) is 54.8 Å². The van der Waals surface area contributed by atoms with Crippen molar-refractivity contribution in [3.8, 4) is 16.8 Å². The number of fused-ring (bicyclic) bond motifs is 10. The third kappa shape index (κ3) is 5.05. The second-order valence-corrected chi connectivity index (χ2v) is 15.9. The zero-order valence-electron chi connectivity index (χ0n) is 31.9. The number of hydrogen-bond acceptors (Lipinski definition) is 1. The standard InChI is InChI=1S/C51H42N4/c1-33(52-49(34-19-9-6-10-20-34)53-51(4,5)35-21-11-7-12-22-35)54-46-32-44-41(37-25-15-17-27-43(37)50(44,2)3)31-42(46)40-30-29-39-38-26-16-18-28-45(38)55(48(39)47(40)54)36-23-13-8-14-24-36/h6-32H,1-5H3/b52-33+,53-49-. The Morgan fingerprint density at radius 1 is 0.545 bits per heavy atom. The van der Waals surface area contributed by atoms with Crippen molar-refractivity contribution in [3.63, 3.8) is 0 Å². The lowest BCUT2D eigenvalue weighted by Gasteiger charge is -2.22. The molecule has 0 saturated heterocycles. The predicted molar refractivity (Wildman–Crippen MR) is 232 cm³/mol. The van der Waals surface area contributed by atoms with Crippen molar-refractivity contribution >= 4 is 55.3 Å². The van der Waals surface area contributed by atoms with Gasteiger partial charge in [0, 0.05) is 38.2 Å². The van der Waals surface area contributed by atoms with E-state index in [1.54, 1.807) is 0 Å². The highest BCUT2D eigenvalue weighted by Crippen LogP contribution is 2.51. The first-order chi connectivity index (χ1) is 26.7. The molecular formula is C51H42N4. The van der Waals surface area contributed by atoms with Crippen LogP contribution in [0, 0.1) is 0 Å². The van der Waals surface area contributed by atoms with Crippen molar-refractivity contribution in [1.29, 1.82) is 0 Å². The van der Waals surface area contributed by atoms with E-state index in [-0.39, 0.29) is 5.41 Å². The van der Waals surface area contributed by atoms with Gasteiger partial charge in [-0.2, -0.15) is 0 Å². The molecule has 0 N–H and O–H groups in total. The minimum atomic E-state index is -0.513. The zero-order chi connectivity index (χ0) is 37.5. The Morgan fingerprint density at radius 3 is 1.91 bits per heavy atom. The third-order valence-corrected chi connectivity index (χ3v) is 11.8. The summed E-state index contributed by atoms with van der Waals surface area (Å²) in [5, 5.41) is 4.85. The van der Waals surface area contributed by atoms with Crippen LogP contribution in [-0.2, 0) is 11.0 Å². The molecule has 2 aromatic heterocycles. The smallest absolute Gasteiger partial charge is 0.157 e. The average Bonchev–Trinajstić information content (AvgIpc) is 3.81. The van der Waals surface area contributed by atoms with Crippen LogP contribution in [0.4, 0.5) is 0 Å². The quantitative estimate of drug-likeness (QED) is 0.129. The summed E-state index contributed by atoms with van der Waals surface area (Å²) in [6.07, 6.45) is 0. The fourth-order valence-electron chi connectivity index (χ4n) is 9.04. The number of hydrogen-bond donors (Lipinski definition) is 0. The van der Waals surface area contributed by atoms with Gasteiger partial charge >= 0.3 is 0 Å². The van der Waals surface area contributed by atoms with Crippen molar-refractivity contribution < 1.29 is 0 Å². The molecule has 0 aliphatic heterocycles. The summed E-state index contributed by atoms with van der Waals surface area (Å²) in [5.41, 5.74) is 12.5. The average molecular weight is 711 g/mol.